The monoisotopic (exact) mass is 409 g/mol. The molecule has 0 aliphatic carbocycles. The Kier molecular flexibility index (Phi) is 5.53. The standard InChI is InChI=1S/C21H20FN5O3/c1-13(28)17(21(23)14-2-4-15(22)5-3-14)11-30-20-7-6-16(10-24-20)27-19-8-9-29-12-18(19)25-26-27/h2-7,10H,8-9,11-12,23H2,1H3/b21-17-. The van der Waals surface area contributed by atoms with Gasteiger partial charge in [0.25, 0.3) is 0 Å². The molecule has 8 nitrogen and oxygen atoms in total. The van der Waals surface area contributed by atoms with Gasteiger partial charge in [-0.05, 0) is 42.8 Å². The molecule has 2 N–H and O–H groups in total. The molecule has 0 spiro atoms. The number of aromatic nitrogens is 4. The maximum absolute atomic E-state index is 13.1. The number of nitrogens with two attached hydrogens (primary N) is 1. The first kappa shape index (κ1) is 19.7. The van der Waals surface area contributed by atoms with Crippen LogP contribution in [0, 0.1) is 5.82 Å². The van der Waals surface area contributed by atoms with Crippen LogP contribution in [0.1, 0.15) is 23.9 Å². The lowest BCUT2D eigenvalue weighted by Gasteiger charge is -2.13. The van der Waals surface area contributed by atoms with Gasteiger partial charge in [-0.25, -0.2) is 14.1 Å². The molecule has 30 heavy (non-hydrogen) atoms. The molecule has 1 aromatic carbocycles. The van der Waals surface area contributed by atoms with Gasteiger partial charge in [-0.15, -0.1) is 5.10 Å². The average Bonchev–Trinajstić information content (AvgIpc) is 3.19. The summed E-state index contributed by atoms with van der Waals surface area (Å²) in [5.74, 6) is -0.274. The number of ether oxygens (including phenoxy) is 2. The SMILES string of the molecule is CC(=O)/C(COc1ccc(-n2nnc3c2CCOC3)cn1)=C(\N)c1ccc(F)cc1. The van der Waals surface area contributed by atoms with E-state index in [1.165, 1.54) is 31.2 Å². The highest BCUT2D eigenvalue weighted by Gasteiger charge is 2.18. The van der Waals surface area contributed by atoms with Crippen molar-refractivity contribution < 1.29 is 18.7 Å². The zero-order chi connectivity index (χ0) is 21.1. The predicted octanol–water partition coefficient (Wildman–Crippen LogP) is 2.21. The molecule has 0 unspecified atom stereocenters. The van der Waals surface area contributed by atoms with E-state index in [0.717, 1.165) is 23.5 Å². The molecule has 0 saturated heterocycles. The van der Waals surface area contributed by atoms with Crippen LogP contribution in [-0.2, 0) is 22.6 Å². The molecule has 1 aliphatic rings. The van der Waals surface area contributed by atoms with Crippen molar-refractivity contribution in [1.29, 1.82) is 0 Å². The average molecular weight is 409 g/mol. The van der Waals surface area contributed by atoms with E-state index < -0.39 is 0 Å². The van der Waals surface area contributed by atoms with Gasteiger partial charge in [0, 0.05) is 18.2 Å². The van der Waals surface area contributed by atoms with E-state index in [-0.39, 0.29) is 29.5 Å². The minimum absolute atomic E-state index is 0.0546. The van der Waals surface area contributed by atoms with Gasteiger partial charge in [-0.3, -0.25) is 4.79 Å². The predicted molar refractivity (Wildman–Crippen MR) is 106 cm³/mol. The summed E-state index contributed by atoms with van der Waals surface area (Å²) >= 11 is 0. The van der Waals surface area contributed by atoms with E-state index in [1.54, 1.807) is 16.9 Å². The van der Waals surface area contributed by atoms with Crippen LogP contribution in [0.5, 0.6) is 5.88 Å². The van der Waals surface area contributed by atoms with Crippen molar-refractivity contribution in [1.82, 2.24) is 20.0 Å². The number of pyridine rings is 1. The van der Waals surface area contributed by atoms with Gasteiger partial charge in [0.1, 0.15) is 18.1 Å². The van der Waals surface area contributed by atoms with Crippen LogP contribution < -0.4 is 10.5 Å². The molecule has 154 valence electrons. The summed E-state index contributed by atoms with van der Waals surface area (Å²) < 4.78 is 25.9. The zero-order valence-electron chi connectivity index (χ0n) is 16.3. The van der Waals surface area contributed by atoms with E-state index in [0.29, 0.717) is 24.7 Å². The number of hydrogen-bond acceptors (Lipinski definition) is 7. The fourth-order valence-corrected chi connectivity index (χ4v) is 3.14. The molecule has 3 aromatic rings. The van der Waals surface area contributed by atoms with Gasteiger partial charge in [0.05, 0.1) is 36.4 Å². The number of Topliss-reactive ketones (excluding diaryl/α,β-unsaturated/α-hetero) is 1. The summed E-state index contributed by atoms with van der Waals surface area (Å²) in [6, 6.07) is 9.11. The van der Waals surface area contributed by atoms with E-state index in [1.807, 2.05) is 6.07 Å². The van der Waals surface area contributed by atoms with Crippen LogP contribution in [0.15, 0.2) is 48.2 Å². The Morgan fingerprint density at radius 1 is 1.27 bits per heavy atom. The van der Waals surface area contributed by atoms with Gasteiger partial charge in [-0.2, -0.15) is 0 Å². The first-order chi connectivity index (χ1) is 14.5. The molecule has 3 heterocycles. The third-order valence-electron chi connectivity index (χ3n) is 4.80. The minimum atomic E-state index is -0.377. The van der Waals surface area contributed by atoms with Crippen LogP contribution in [0.3, 0.4) is 0 Å². The highest BCUT2D eigenvalue weighted by Crippen LogP contribution is 2.20. The lowest BCUT2D eigenvalue weighted by molar-refractivity contribution is -0.113. The topological polar surface area (TPSA) is 105 Å². The van der Waals surface area contributed by atoms with Crippen molar-refractivity contribution in [3.8, 4) is 11.6 Å². The normalized spacial score (nSPS) is 14.1. The number of nitrogens with zero attached hydrogens (tertiary/aromatic N) is 4. The summed E-state index contributed by atoms with van der Waals surface area (Å²) in [5.41, 5.74) is 9.79. The number of halogens is 1. The fraction of sp³-hybridized carbons (Fsp3) is 0.238. The molecule has 0 atom stereocenters. The van der Waals surface area contributed by atoms with Crippen molar-refractivity contribution in [2.24, 2.45) is 5.73 Å². The number of carbonyl (C=O) groups excluding carboxylic acids is 1. The van der Waals surface area contributed by atoms with Crippen LogP contribution in [0.4, 0.5) is 4.39 Å². The van der Waals surface area contributed by atoms with Gasteiger partial charge in [0.2, 0.25) is 5.88 Å². The fourth-order valence-electron chi connectivity index (χ4n) is 3.14. The van der Waals surface area contributed by atoms with E-state index in [2.05, 4.69) is 15.3 Å². The molecule has 0 radical (unpaired) electrons. The molecule has 0 amide bonds. The second-order valence-electron chi connectivity index (χ2n) is 6.80. The van der Waals surface area contributed by atoms with Crippen LogP contribution >= 0.6 is 0 Å². The first-order valence-corrected chi connectivity index (χ1v) is 9.39. The first-order valence-electron chi connectivity index (χ1n) is 9.39. The lowest BCUT2D eigenvalue weighted by atomic mass is 10.0. The van der Waals surface area contributed by atoms with Crippen molar-refractivity contribution in [2.45, 2.75) is 20.0 Å². The molecule has 0 fully saturated rings. The second-order valence-corrected chi connectivity index (χ2v) is 6.80. The van der Waals surface area contributed by atoms with Gasteiger partial charge < -0.3 is 15.2 Å². The molecule has 2 aromatic heterocycles. The third-order valence-corrected chi connectivity index (χ3v) is 4.80. The third kappa shape index (κ3) is 4.06. The molecular weight excluding hydrogens is 389 g/mol. The van der Waals surface area contributed by atoms with Crippen molar-refractivity contribution in [3.05, 3.63) is 70.9 Å². The Labute approximate surface area is 172 Å². The van der Waals surface area contributed by atoms with Crippen molar-refractivity contribution in [2.75, 3.05) is 13.2 Å². The smallest absolute Gasteiger partial charge is 0.213 e. The number of benzene rings is 1. The number of hydrogen-bond donors (Lipinski definition) is 1. The molecule has 0 saturated carbocycles. The molecular formula is C21H20FN5O3. The largest absolute Gasteiger partial charge is 0.473 e. The Balaban J connectivity index is 1.50. The van der Waals surface area contributed by atoms with Crippen LogP contribution in [-0.4, -0.2) is 39.0 Å². The molecule has 9 heteroatoms. The molecule has 4 rings (SSSR count). The van der Waals surface area contributed by atoms with Gasteiger partial charge in [-0.1, -0.05) is 5.21 Å². The number of fused-ring (bicyclic) bond motifs is 1. The highest BCUT2D eigenvalue weighted by atomic mass is 19.1. The van der Waals surface area contributed by atoms with E-state index in [9.17, 15) is 9.18 Å². The Morgan fingerprint density at radius 2 is 2.07 bits per heavy atom. The summed E-state index contributed by atoms with van der Waals surface area (Å²) in [4.78, 5) is 16.3. The van der Waals surface area contributed by atoms with Gasteiger partial charge >= 0.3 is 0 Å². The Bertz CT molecular complexity index is 1090. The van der Waals surface area contributed by atoms with Gasteiger partial charge in [0.15, 0.2) is 5.78 Å². The highest BCUT2D eigenvalue weighted by molar-refractivity contribution is 6.00. The maximum atomic E-state index is 13.1. The summed E-state index contributed by atoms with van der Waals surface area (Å²) in [6.07, 6.45) is 2.36. The van der Waals surface area contributed by atoms with E-state index >= 15 is 0 Å². The zero-order valence-corrected chi connectivity index (χ0v) is 16.3. The number of carbonyl (C=O) groups is 1. The Hall–Kier alpha value is -3.59. The minimum Gasteiger partial charge on any atom is -0.473 e. The molecule has 0 bridgehead atoms. The number of rotatable bonds is 6. The van der Waals surface area contributed by atoms with Crippen molar-refractivity contribution >= 4 is 11.5 Å². The summed E-state index contributed by atoms with van der Waals surface area (Å²) in [6.45, 7) is 2.44. The summed E-state index contributed by atoms with van der Waals surface area (Å²) in [5, 5.41) is 8.30. The van der Waals surface area contributed by atoms with Crippen LogP contribution in [0.2, 0.25) is 0 Å². The maximum Gasteiger partial charge on any atom is 0.213 e. The van der Waals surface area contributed by atoms with E-state index in [4.69, 9.17) is 15.2 Å². The molecule has 1 aliphatic heterocycles. The van der Waals surface area contributed by atoms with Crippen molar-refractivity contribution in [3.63, 3.8) is 0 Å². The second kappa shape index (κ2) is 8.42. The quantitative estimate of drug-likeness (QED) is 0.622. The van der Waals surface area contributed by atoms with Crippen LogP contribution in [0.25, 0.3) is 11.4 Å². The Morgan fingerprint density at radius 3 is 2.77 bits per heavy atom. The number of ketones is 1. The summed E-state index contributed by atoms with van der Waals surface area (Å²) in [7, 11) is 0. The lowest BCUT2D eigenvalue weighted by Crippen LogP contribution is -2.15.